The van der Waals surface area contributed by atoms with E-state index in [1.165, 1.54) is 0 Å². The van der Waals surface area contributed by atoms with Gasteiger partial charge >= 0.3 is 0 Å². The molecule has 0 spiro atoms. The molecule has 1 heterocycles. The normalized spacial score (nSPS) is 21.0. The van der Waals surface area contributed by atoms with Gasteiger partial charge in [-0.25, -0.2) is 0 Å². The predicted octanol–water partition coefficient (Wildman–Crippen LogP) is 2.78. The Labute approximate surface area is 100.0 Å². The third kappa shape index (κ3) is 2.57. The Kier molecular flexibility index (Phi) is 3.39. The van der Waals surface area contributed by atoms with E-state index >= 15 is 0 Å². The van der Waals surface area contributed by atoms with Crippen LogP contribution in [0, 0.1) is 5.92 Å². The monoisotopic (exact) mass is 244 g/mol. The molecule has 1 atom stereocenters. The lowest BCUT2D eigenvalue weighted by Gasteiger charge is -2.19. The van der Waals surface area contributed by atoms with E-state index in [4.69, 9.17) is 28.9 Å². The summed E-state index contributed by atoms with van der Waals surface area (Å²) in [6.45, 7) is 2.80. The quantitative estimate of drug-likeness (QED) is 0.868. The van der Waals surface area contributed by atoms with Crippen molar-refractivity contribution < 1.29 is 0 Å². The highest BCUT2D eigenvalue weighted by molar-refractivity contribution is 6.35. The molecule has 82 valence electrons. The van der Waals surface area contributed by atoms with Gasteiger partial charge in [0.1, 0.15) is 0 Å². The van der Waals surface area contributed by atoms with Gasteiger partial charge in [-0.1, -0.05) is 23.2 Å². The van der Waals surface area contributed by atoms with Crippen molar-refractivity contribution in [1.29, 1.82) is 0 Å². The molecule has 1 aromatic carbocycles. The lowest BCUT2D eigenvalue weighted by molar-refractivity contribution is 0.602. The number of rotatable bonds is 2. The van der Waals surface area contributed by atoms with Gasteiger partial charge in [0.25, 0.3) is 0 Å². The molecule has 0 amide bonds. The molecule has 1 unspecified atom stereocenters. The van der Waals surface area contributed by atoms with E-state index in [0.717, 1.165) is 31.7 Å². The Balaban J connectivity index is 2.16. The van der Waals surface area contributed by atoms with Gasteiger partial charge in [0.15, 0.2) is 0 Å². The third-order valence-electron chi connectivity index (χ3n) is 2.83. The molecule has 2 rings (SSSR count). The lowest BCUT2D eigenvalue weighted by atomic mass is 10.1. The summed E-state index contributed by atoms with van der Waals surface area (Å²) in [4.78, 5) is 2.29. The lowest BCUT2D eigenvalue weighted by Crippen LogP contribution is -2.22. The summed E-state index contributed by atoms with van der Waals surface area (Å²) in [5.41, 5.74) is 6.76. The Morgan fingerprint density at radius 1 is 1.27 bits per heavy atom. The van der Waals surface area contributed by atoms with E-state index in [1.807, 2.05) is 12.1 Å². The van der Waals surface area contributed by atoms with Crippen LogP contribution >= 0.6 is 23.2 Å². The summed E-state index contributed by atoms with van der Waals surface area (Å²) in [5.74, 6) is 0.600. The number of hydrogen-bond acceptors (Lipinski definition) is 2. The van der Waals surface area contributed by atoms with Crippen LogP contribution in [0.1, 0.15) is 6.42 Å². The highest BCUT2D eigenvalue weighted by atomic mass is 35.5. The van der Waals surface area contributed by atoms with Gasteiger partial charge in [-0.15, -0.1) is 0 Å². The molecule has 2 N–H and O–H groups in total. The van der Waals surface area contributed by atoms with Gasteiger partial charge in [-0.05, 0) is 37.1 Å². The first-order valence-electron chi connectivity index (χ1n) is 5.10. The molecule has 2 nitrogen and oxygen atoms in total. The maximum Gasteiger partial charge on any atom is 0.0441 e. The van der Waals surface area contributed by atoms with Crippen molar-refractivity contribution in [3.63, 3.8) is 0 Å². The SMILES string of the molecule is NCC1CCN(c2cc(Cl)cc(Cl)c2)C1. The molecule has 1 fully saturated rings. The highest BCUT2D eigenvalue weighted by Crippen LogP contribution is 2.29. The number of nitrogens with zero attached hydrogens (tertiary/aromatic N) is 1. The van der Waals surface area contributed by atoms with Crippen LogP contribution in [0.25, 0.3) is 0 Å². The first kappa shape index (κ1) is 11.1. The fourth-order valence-electron chi connectivity index (χ4n) is 1.98. The summed E-state index contributed by atoms with van der Waals surface area (Å²) < 4.78 is 0. The zero-order valence-corrected chi connectivity index (χ0v) is 9.93. The average molecular weight is 245 g/mol. The van der Waals surface area contributed by atoms with Crippen molar-refractivity contribution in [3.05, 3.63) is 28.2 Å². The number of benzene rings is 1. The third-order valence-corrected chi connectivity index (χ3v) is 3.27. The van der Waals surface area contributed by atoms with Gasteiger partial charge < -0.3 is 10.6 Å². The summed E-state index contributed by atoms with van der Waals surface area (Å²) in [6, 6.07) is 5.65. The molecule has 1 aliphatic rings. The fourth-order valence-corrected chi connectivity index (χ4v) is 2.50. The van der Waals surface area contributed by atoms with E-state index in [0.29, 0.717) is 16.0 Å². The summed E-state index contributed by atoms with van der Waals surface area (Å²) in [5, 5.41) is 1.38. The second kappa shape index (κ2) is 4.60. The number of halogens is 2. The van der Waals surface area contributed by atoms with E-state index in [1.54, 1.807) is 6.07 Å². The van der Waals surface area contributed by atoms with E-state index in [-0.39, 0.29) is 0 Å². The van der Waals surface area contributed by atoms with Crippen molar-refractivity contribution in [2.75, 3.05) is 24.5 Å². The highest BCUT2D eigenvalue weighted by Gasteiger charge is 2.21. The molecule has 0 bridgehead atoms. The Bertz CT molecular complexity index is 334. The van der Waals surface area contributed by atoms with Crippen molar-refractivity contribution in [3.8, 4) is 0 Å². The Morgan fingerprint density at radius 2 is 1.93 bits per heavy atom. The molecular formula is C11H14Cl2N2. The zero-order valence-electron chi connectivity index (χ0n) is 8.42. The van der Waals surface area contributed by atoms with Crippen molar-refractivity contribution in [2.45, 2.75) is 6.42 Å². The largest absolute Gasteiger partial charge is 0.371 e. The van der Waals surface area contributed by atoms with Crippen LogP contribution in [-0.2, 0) is 0 Å². The molecule has 4 heteroatoms. The van der Waals surface area contributed by atoms with Gasteiger partial charge in [0.2, 0.25) is 0 Å². The molecule has 1 aromatic rings. The van der Waals surface area contributed by atoms with Crippen LogP contribution in [0.5, 0.6) is 0 Å². The maximum absolute atomic E-state index is 5.96. The first-order chi connectivity index (χ1) is 7.19. The minimum atomic E-state index is 0.600. The zero-order chi connectivity index (χ0) is 10.8. The van der Waals surface area contributed by atoms with Crippen LogP contribution in [0.4, 0.5) is 5.69 Å². The smallest absolute Gasteiger partial charge is 0.0441 e. The summed E-state index contributed by atoms with van der Waals surface area (Å²) in [6.07, 6.45) is 1.15. The molecule has 0 saturated carbocycles. The van der Waals surface area contributed by atoms with Crippen LogP contribution in [0.15, 0.2) is 18.2 Å². The first-order valence-corrected chi connectivity index (χ1v) is 5.85. The Hall–Kier alpha value is -0.440. The maximum atomic E-state index is 5.96. The van der Waals surface area contributed by atoms with Crippen molar-refractivity contribution in [1.82, 2.24) is 0 Å². The van der Waals surface area contributed by atoms with E-state index in [9.17, 15) is 0 Å². The van der Waals surface area contributed by atoms with Gasteiger partial charge in [-0.3, -0.25) is 0 Å². The van der Waals surface area contributed by atoms with Gasteiger partial charge in [-0.2, -0.15) is 0 Å². The van der Waals surface area contributed by atoms with Crippen LogP contribution in [-0.4, -0.2) is 19.6 Å². The minimum absolute atomic E-state index is 0.600. The molecule has 15 heavy (non-hydrogen) atoms. The molecule has 0 aliphatic carbocycles. The number of nitrogens with two attached hydrogens (primary N) is 1. The summed E-state index contributed by atoms with van der Waals surface area (Å²) >= 11 is 11.9. The van der Waals surface area contributed by atoms with Crippen molar-refractivity contribution >= 4 is 28.9 Å². The van der Waals surface area contributed by atoms with Crippen molar-refractivity contribution in [2.24, 2.45) is 11.7 Å². The van der Waals surface area contributed by atoms with Crippen LogP contribution in [0.2, 0.25) is 10.0 Å². The van der Waals surface area contributed by atoms with E-state index < -0.39 is 0 Å². The molecule has 1 aliphatic heterocycles. The second-order valence-electron chi connectivity index (χ2n) is 3.96. The minimum Gasteiger partial charge on any atom is -0.371 e. The van der Waals surface area contributed by atoms with E-state index in [2.05, 4.69) is 4.90 Å². The fraction of sp³-hybridized carbons (Fsp3) is 0.455. The predicted molar refractivity (Wildman–Crippen MR) is 65.8 cm³/mol. The van der Waals surface area contributed by atoms with Crippen LogP contribution < -0.4 is 10.6 Å². The number of anilines is 1. The summed E-state index contributed by atoms with van der Waals surface area (Å²) in [7, 11) is 0. The Morgan fingerprint density at radius 3 is 2.47 bits per heavy atom. The number of hydrogen-bond donors (Lipinski definition) is 1. The molecule has 0 aromatic heterocycles. The molecule has 0 radical (unpaired) electrons. The van der Waals surface area contributed by atoms with Crippen LogP contribution in [0.3, 0.4) is 0 Å². The average Bonchev–Trinajstić information content (AvgIpc) is 2.64. The van der Waals surface area contributed by atoms with Gasteiger partial charge in [0, 0.05) is 28.8 Å². The second-order valence-corrected chi connectivity index (χ2v) is 4.84. The molecule has 1 saturated heterocycles. The topological polar surface area (TPSA) is 29.3 Å². The molecular weight excluding hydrogens is 231 g/mol. The van der Waals surface area contributed by atoms with Gasteiger partial charge in [0.05, 0.1) is 0 Å². The standard InChI is InChI=1S/C11H14Cl2N2/c12-9-3-10(13)5-11(4-9)15-2-1-8(6-14)7-15/h3-5,8H,1-2,6-7,14H2.